The van der Waals surface area contributed by atoms with E-state index in [1.54, 1.807) is 0 Å². The Kier molecular flexibility index (Phi) is 5.66. The molecule has 0 aliphatic rings. The zero-order chi connectivity index (χ0) is 14.4. The number of aromatic nitrogens is 2. The van der Waals surface area contributed by atoms with Crippen molar-refractivity contribution in [2.75, 3.05) is 11.1 Å². The molecule has 0 aliphatic heterocycles. The molecule has 1 atom stereocenters. The lowest BCUT2D eigenvalue weighted by atomic mass is 10.2. The summed E-state index contributed by atoms with van der Waals surface area (Å²) in [7, 11) is 0. The van der Waals surface area contributed by atoms with Gasteiger partial charge in [0.1, 0.15) is 11.5 Å². The second-order valence-corrected chi connectivity index (χ2v) is 4.86. The van der Waals surface area contributed by atoms with Gasteiger partial charge >= 0.3 is 5.69 Å². The van der Waals surface area contributed by atoms with E-state index in [4.69, 9.17) is 5.73 Å². The van der Waals surface area contributed by atoms with Crippen molar-refractivity contribution in [1.82, 2.24) is 9.55 Å². The predicted molar refractivity (Wildman–Crippen MR) is 78.6 cm³/mol. The molecule has 0 fully saturated rings. The maximum atomic E-state index is 11.8. The van der Waals surface area contributed by atoms with Crippen molar-refractivity contribution in [1.29, 1.82) is 0 Å². The SMILES string of the molecule is CCCCn1c(N)c(NC(C)CCC)c(=O)[nH]c1=O. The van der Waals surface area contributed by atoms with Gasteiger partial charge in [0, 0.05) is 12.6 Å². The minimum atomic E-state index is -0.446. The van der Waals surface area contributed by atoms with Gasteiger partial charge < -0.3 is 11.1 Å². The Labute approximate surface area is 113 Å². The number of aromatic amines is 1. The number of nitrogen functional groups attached to an aromatic ring is 1. The third-order valence-electron chi connectivity index (χ3n) is 3.09. The monoisotopic (exact) mass is 268 g/mol. The predicted octanol–water partition coefficient (Wildman–Crippen LogP) is 1.52. The van der Waals surface area contributed by atoms with Crippen LogP contribution in [0.15, 0.2) is 9.59 Å². The van der Waals surface area contributed by atoms with E-state index < -0.39 is 11.2 Å². The fourth-order valence-corrected chi connectivity index (χ4v) is 2.02. The van der Waals surface area contributed by atoms with Gasteiger partial charge in [-0.2, -0.15) is 0 Å². The minimum Gasteiger partial charge on any atom is -0.383 e. The summed E-state index contributed by atoms with van der Waals surface area (Å²) in [6.07, 6.45) is 3.76. The largest absolute Gasteiger partial charge is 0.383 e. The molecule has 1 aromatic rings. The molecule has 19 heavy (non-hydrogen) atoms. The van der Waals surface area contributed by atoms with Gasteiger partial charge in [-0.25, -0.2) is 4.79 Å². The van der Waals surface area contributed by atoms with Crippen LogP contribution in [0, 0.1) is 0 Å². The highest BCUT2D eigenvalue weighted by atomic mass is 16.2. The molecule has 0 aliphatic carbocycles. The summed E-state index contributed by atoms with van der Waals surface area (Å²) in [6, 6.07) is 0.144. The second-order valence-electron chi connectivity index (χ2n) is 4.86. The van der Waals surface area contributed by atoms with E-state index in [0.717, 1.165) is 25.7 Å². The number of anilines is 2. The van der Waals surface area contributed by atoms with E-state index in [9.17, 15) is 9.59 Å². The molecule has 1 aromatic heterocycles. The maximum absolute atomic E-state index is 11.8. The number of hydrogen-bond acceptors (Lipinski definition) is 4. The summed E-state index contributed by atoms with van der Waals surface area (Å²) in [5.41, 5.74) is 5.37. The highest BCUT2D eigenvalue weighted by Crippen LogP contribution is 2.13. The average Bonchev–Trinajstić information content (AvgIpc) is 2.34. The van der Waals surface area contributed by atoms with Gasteiger partial charge in [0.05, 0.1) is 0 Å². The number of nitrogens with two attached hydrogens (primary N) is 1. The molecule has 0 amide bonds. The summed E-state index contributed by atoms with van der Waals surface area (Å²) in [5.74, 6) is 0.227. The van der Waals surface area contributed by atoms with Crippen LogP contribution in [-0.2, 0) is 6.54 Å². The lowest BCUT2D eigenvalue weighted by molar-refractivity contribution is 0.603. The van der Waals surface area contributed by atoms with E-state index >= 15 is 0 Å². The van der Waals surface area contributed by atoms with Gasteiger partial charge in [0.2, 0.25) is 0 Å². The van der Waals surface area contributed by atoms with Crippen molar-refractivity contribution < 1.29 is 0 Å². The van der Waals surface area contributed by atoms with Gasteiger partial charge in [-0.05, 0) is 19.8 Å². The fourth-order valence-electron chi connectivity index (χ4n) is 2.02. The first-order chi connectivity index (χ1) is 9.01. The zero-order valence-electron chi connectivity index (χ0n) is 12.0. The molecule has 6 nitrogen and oxygen atoms in total. The van der Waals surface area contributed by atoms with Gasteiger partial charge in [-0.3, -0.25) is 14.3 Å². The van der Waals surface area contributed by atoms with E-state index in [1.165, 1.54) is 4.57 Å². The Balaban J connectivity index is 3.10. The Hall–Kier alpha value is -1.72. The molecular formula is C13H24N4O2. The number of nitrogens with one attached hydrogen (secondary N) is 2. The topological polar surface area (TPSA) is 92.9 Å². The molecular weight excluding hydrogens is 244 g/mol. The molecule has 4 N–H and O–H groups in total. The number of unbranched alkanes of at least 4 members (excludes halogenated alkanes) is 1. The molecule has 1 unspecified atom stereocenters. The molecule has 0 spiro atoms. The highest BCUT2D eigenvalue weighted by molar-refractivity contribution is 5.60. The Morgan fingerprint density at radius 2 is 2.00 bits per heavy atom. The molecule has 6 heteroatoms. The maximum Gasteiger partial charge on any atom is 0.330 e. The smallest absolute Gasteiger partial charge is 0.330 e. The normalized spacial score (nSPS) is 12.4. The van der Waals surface area contributed by atoms with Crippen LogP contribution in [0.4, 0.5) is 11.5 Å². The van der Waals surface area contributed by atoms with Crippen molar-refractivity contribution in [2.24, 2.45) is 0 Å². The van der Waals surface area contributed by atoms with E-state index in [-0.39, 0.29) is 11.9 Å². The first kappa shape index (κ1) is 15.3. The fraction of sp³-hybridized carbons (Fsp3) is 0.692. The van der Waals surface area contributed by atoms with Crippen LogP contribution in [0.3, 0.4) is 0 Å². The van der Waals surface area contributed by atoms with Crippen molar-refractivity contribution in [2.45, 2.75) is 59.0 Å². The van der Waals surface area contributed by atoms with E-state index in [2.05, 4.69) is 17.2 Å². The summed E-state index contributed by atoms with van der Waals surface area (Å²) in [5, 5.41) is 3.09. The van der Waals surface area contributed by atoms with Crippen molar-refractivity contribution in [3.63, 3.8) is 0 Å². The van der Waals surface area contributed by atoms with Crippen LogP contribution < -0.4 is 22.3 Å². The van der Waals surface area contributed by atoms with E-state index in [0.29, 0.717) is 12.2 Å². The number of hydrogen-bond donors (Lipinski definition) is 3. The van der Waals surface area contributed by atoms with Gasteiger partial charge in [-0.15, -0.1) is 0 Å². The van der Waals surface area contributed by atoms with E-state index in [1.807, 2.05) is 13.8 Å². The summed E-state index contributed by atoms with van der Waals surface area (Å²) in [4.78, 5) is 25.9. The number of H-pyrrole nitrogens is 1. The van der Waals surface area contributed by atoms with Gasteiger partial charge in [-0.1, -0.05) is 26.7 Å². The standard InChI is InChI=1S/C13H24N4O2/c1-4-6-8-17-11(14)10(12(18)16-13(17)19)15-9(3)7-5-2/h9,15H,4-8,14H2,1-3H3,(H,16,18,19). The van der Waals surface area contributed by atoms with Gasteiger partial charge in [0.15, 0.2) is 0 Å². The minimum absolute atomic E-state index is 0.144. The number of nitrogens with zero attached hydrogens (tertiary/aromatic N) is 1. The van der Waals surface area contributed by atoms with Crippen LogP contribution >= 0.6 is 0 Å². The highest BCUT2D eigenvalue weighted by Gasteiger charge is 2.13. The van der Waals surface area contributed by atoms with Gasteiger partial charge in [0.25, 0.3) is 5.56 Å². The van der Waals surface area contributed by atoms with Crippen LogP contribution in [0.2, 0.25) is 0 Å². The summed E-state index contributed by atoms with van der Waals surface area (Å²) in [6.45, 7) is 6.63. The molecule has 1 rings (SSSR count). The van der Waals surface area contributed by atoms with Crippen LogP contribution in [0.1, 0.15) is 46.5 Å². The molecule has 0 saturated carbocycles. The first-order valence-electron chi connectivity index (χ1n) is 6.90. The van der Waals surface area contributed by atoms with Crippen molar-refractivity contribution in [3.8, 4) is 0 Å². The second kappa shape index (κ2) is 7.01. The van der Waals surface area contributed by atoms with Crippen LogP contribution in [0.25, 0.3) is 0 Å². The summed E-state index contributed by atoms with van der Waals surface area (Å²) >= 11 is 0. The van der Waals surface area contributed by atoms with Crippen molar-refractivity contribution in [3.05, 3.63) is 20.8 Å². The lowest BCUT2D eigenvalue weighted by Gasteiger charge is -2.17. The molecule has 0 aromatic carbocycles. The Morgan fingerprint density at radius 3 is 2.58 bits per heavy atom. The molecule has 0 bridgehead atoms. The Bertz CT molecular complexity index is 518. The third kappa shape index (κ3) is 3.87. The van der Waals surface area contributed by atoms with Crippen LogP contribution in [-0.4, -0.2) is 15.6 Å². The van der Waals surface area contributed by atoms with Crippen LogP contribution in [0.5, 0.6) is 0 Å². The molecule has 0 radical (unpaired) electrons. The number of rotatable bonds is 7. The molecule has 0 saturated heterocycles. The Morgan fingerprint density at radius 1 is 1.32 bits per heavy atom. The molecule has 1 heterocycles. The average molecular weight is 268 g/mol. The summed E-state index contributed by atoms with van der Waals surface area (Å²) < 4.78 is 1.42. The molecule has 108 valence electrons. The third-order valence-corrected chi connectivity index (χ3v) is 3.09. The zero-order valence-corrected chi connectivity index (χ0v) is 12.0. The van der Waals surface area contributed by atoms with Crippen molar-refractivity contribution >= 4 is 11.5 Å². The quantitative estimate of drug-likeness (QED) is 0.699. The lowest BCUT2D eigenvalue weighted by Crippen LogP contribution is -2.35. The first-order valence-corrected chi connectivity index (χ1v) is 6.90.